The Labute approximate surface area is 184 Å². The number of carbonyl (C=O) groups excluding carboxylic acids is 2. The van der Waals surface area contributed by atoms with Gasteiger partial charge in [0, 0.05) is 25.2 Å². The minimum atomic E-state index is -3.51. The van der Waals surface area contributed by atoms with E-state index >= 15 is 0 Å². The molecule has 1 N–H and O–H groups in total. The van der Waals surface area contributed by atoms with E-state index in [9.17, 15) is 18.0 Å². The Morgan fingerprint density at radius 2 is 1.71 bits per heavy atom. The molecule has 0 spiro atoms. The van der Waals surface area contributed by atoms with E-state index in [-0.39, 0.29) is 11.3 Å². The van der Waals surface area contributed by atoms with E-state index < -0.39 is 28.0 Å². The number of hydrogen-bond donors (Lipinski definition) is 1. The summed E-state index contributed by atoms with van der Waals surface area (Å²) in [4.78, 5) is 24.6. The van der Waals surface area contributed by atoms with Crippen molar-refractivity contribution in [3.05, 3.63) is 59.7 Å². The van der Waals surface area contributed by atoms with Crippen LogP contribution in [0.25, 0.3) is 0 Å². The molecular formula is C23H30N2O5S. The smallest absolute Gasteiger partial charge is 0.306 e. The first kappa shape index (κ1) is 24.6. The molecule has 0 aliphatic rings. The Hall–Kier alpha value is -2.71. The molecule has 168 valence electrons. The third kappa shape index (κ3) is 6.90. The zero-order valence-corrected chi connectivity index (χ0v) is 19.2. The van der Waals surface area contributed by atoms with Gasteiger partial charge in [0.1, 0.15) is 0 Å². The molecule has 0 aliphatic heterocycles. The van der Waals surface area contributed by atoms with Crippen LogP contribution in [0.1, 0.15) is 38.3 Å². The number of ether oxygens (including phenoxy) is 1. The summed E-state index contributed by atoms with van der Waals surface area (Å²) in [6.07, 6.45) is -0.449. The molecule has 0 heterocycles. The third-order valence-electron chi connectivity index (χ3n) is 4.85. The highest BCUT2D eigenvalue weighted by molar-refractivity contribution is 7.89. The van der Waals surface area contributed by atoms with Crippen molar-refractivity contribution in [2.75, 3.05) is 18.4 Å². The number of hydrogen-bond acceptors (Lipinski definition) is 5. The molecule has 0 bridgehead atoms. The minimum Gasteiger partial charge on any atom is -0.453 e. The van der Waals surface area contributed by atoms with Crippen LogP contribution in [-0.4, -0.2) is 43.8 Å². The van der Waals surface area contributed by atoms with Crippen molar-refractivity contribution in [3.8, 4) is 0 Å². The zero-order chi connectivity index (χ0) is 23.0. The van der Waals surface area contributed by atoms with Gasteiger partial charge in [0.25, 0.3) is 5.91 Å². The summed E-state index contributed by atoms with van der Waals surface area (Å²) in [5.41, 5.74) is 2.47. The fourth-order valence-electron chi connectivity index (χ4n) is 3.06. The SMILES string of the molecule is CCN(CC)S(=O)(=O)c1ccc(CCC(=O)OC(C)C(=O)Nc2cccc(C)c2)cc1. The van der Waals surface area contributed by atoms with Gasteiger partial charge in [-0.15, -0.1) is 0 Å². The van der Waals surface area contributed by atoms with Gasteiger partial charge in [0.2, 0.25) is 10.0 Å². The molecular weight excluding hydrogens is 416 g/mol. The molecule has 2 aromatic rings. The van der Waals surface area contributed by atoms with Gasteiger partial charge in [-0.2, -0.15) is 4.31 Å². The lowest BCUT2D eigenvalue weighted by atomic mass is 10.1. The predicted molar refractivity (Wildman–Crippen MR) is 120 cm³/mol. The molecule has 0 aliphatic carbocycles. The highest BCUT2D eigenvalue weighted by Gasteiger charge is 2.21. The number of carbonyl (C=O) groups is 2. The topological polar surface area (TPSA) is 92.8 Å². The largest absolute Gasteiger partial charge is 0.453 e. The van der Waals surface area contributed by atoms with Crippen molar-refractivity contribution >= 4 is 27.6 Å². The highest BCUT2D eigenvalue weighted by Crippen LogP contribution is 2.17. The van der Waals surface area contributed by atoms with E-state index in [0.29, 0.717) is 25.2 Å². The summed E-state index contributed by atoms with van der Waals surface area (Å²) in [7, 11) is -3.51. The van der Waals surface area contributed by atoms with E-state index in [1.807, 2.05) is 25.1 Å². The molecule has 2 aromatic carbocycles. The van der Waals surface area contributed by atoms with Crippen LogP contribution in [0.15, 0.2) is 53.4 Å². The van der Waals surface area contributed by atoms with Gasteiger partial charge in [-0.25, -0.2) is 8.42 Å². The van der Waals surface area contributed by atoms with Crippen LogP contribution in [-0.2, 0) is 30.8 Å². The van der Waals surface area contributed by atoms with Gasteiger partial charge >= 0.3 is 5.97 Å². The van der Waals surface area contributed by atoms with Crippen LogP contribution in [0.2, 0.25) is 0 Å². The molecule has 0 saturated heterocycles. The number of nitrogens with zero attached hydrogens (tertiary/aromatic N) is 1. The summed E-state index contributed by atoms with van der Waals surface area (Å²) in [5.74, 6) is -0.892. The van der Waals surface area contributed by atoms with Crippen LogP contribution in [0.4, 0.5) is 5.69 Å². The Morgan fingerprint density at radius 3 is 2.29 bits per heavy atom. The molecule has 1 amide bonds. The number of esters is 1. The normalized spacial score (nSPS) is 12.4. The lowest BCUT2D eigenvalue weighted by molar-refractivity contribution is -0.153. The second kappa shape index (κ2) is 11.1. The summed E-state index contributed by atoms with van der Waals surface area (Å²) >= 11 is 0. The third-order valence-corrected chi connectivity index (χ3v) is 6.91. The first-order valence-corrected chi connectivity index (χ1v) is 11.8. The number of rotatable bonds is 10. The lowest BCUT2D eigenvalue weighted by Gasteiger charge is -2.18. The van der Waals surface area contributed by atoms with Crippen molar-refractivity contribution < 1.29 is 22.7 Å². The molecule has 1 unspecified atom stereocenters. The monoisotopic (exact) mass is 446 g/mol. The Balaban J connectivity index is 1.87. The highest BCUT2D eigenvalue weighted by atomic mass is 32.2. The predicted octanol–water partition coefficient (Wildman–Crippen LogP) is 3.53. The number of amides is 1. The van der Waals surface area contributed by atoms with Crippen molar-refractivity contribution in [3.63, 3.8) is 0 Å². The number of nitrogens with one attached hydrogen (secondary N) is 1. The first-order chi connectivity index (χ1) is 14.7. The van der Waals surface area contributed by atoms with Gasteiger partial charge < -0.3 is 10.1 Å². The Morgan fingerprint density at radius 1 is 1.06 bits per heavy atom. The van der Waals surface area contributed by atoms with Crippen molar-refractivity contribution in [1.82, 2.24) is 4.31 Å². The minimum absolute atomic E-state index is 0.0875. The molecule has 2 rings (SSSR count). The van der Waals surface area contributed by atoms with Crippen LogP contribution in [0.3, 0.4) is 0 Å². The molecule has 0 aromatic heterocycles. The maximum atomic E-state index is 12.5. The number of aryl methyl sites for hydroxylation is 2. The number of benzene rings is 2. The summed E-state index contributed by atoms with van der Waals surface area (Å²) in [5, 5.41) is 2.72. The number of anilines is 1. The van der Waals surface area contributed by atoms with E-state index in [1.54, 1.807) is 44.2 Å². The fourth-order valence-corrected chi connectivity index (χ4v) is 4.52. The van der Waals surface area contributed by atoms with Crippen LogP contribution < -0.4 is 5.32 Å². The molecule has 0 radical (unpaired) electrons. The summed E-state index contributed by atoms with van der Waals surface area (Å²) < 4.78 is 31.7. The summed E-state index contributed by atoms with van der Waals surface area (Å²) in [6, 6.07) is 13.8. The fraction of sp³-hybridized carbons (Fsp3) is 0.391. The average molecular weight is 447 g/mol. The average Bonchev–Trinajstić information content (AvgIpc) is 2.73. The van der Waals surface area contributed by atoms with Gasteiger partial charge in [0.15, 0.2) is 6.10 Å². The lowest BCUT2D eigenvalue weighted by Crippen LogP contribution is -2.30. The van der Waals surface area contributed by atoms with E-state index in [1.165, 1.54) is 11.2 Å². The Bertz CT molecular complexity index is 999. The molecule has 8 heteroatoms. The first-order valence-electron chi connectivity index (χ1n) is 10.3. The van der Waals surface area contributed by atoms with Gasteiger partial charge in [-0.05, 0) is 55.7 Å². The van der Waals surface area contributed by atoms with Crippen LogP contribution in [0.5, 0.6) is 0 Å². The van der Waals surface area contributed by atoms with Gasteiger partial charge in [-0.1, -0.05) is 38.1 Å². The van der Waals surface area contributed by atoms with Crippen LogP contribution >= 0.6 is 0 Å². The molecule has 1 atom stereocenters. The Kier molecular flexibility index (Phi) is 8.76. The van der Waals surface area contributed by atoms with Gasteiger partial charge in [0.05, 0.1) is 4.90 Å². The standard InChI is InChI=1S/C23H30N2O5S/c1-5-25(6-2)31(28,29)21-13-10-19(11-14-21)12-15-22(26)30-18(4)23(27)24-20-9-7-8-17(3)16-20/h7-11,13-14,16,18H,5-6,12,15H2,1-4H3,(H,24,27). The van der Waals surface area contributed by atoms with Crippen molar-refractivity contribution in [2.45, 2.75) is 51.5 Å². The van der Waals surface area contributed by atoms with Crippen LogP contribution in [0, 0.1) is 6.92 Å². The second-order valence-electron chi connectivity index (χ2n) is 7.22. The quantitative estimate of drug-likeness (QED) is 0.564. The van der Waals surface area contributed by atoms with Crippen molar-refractivity contribution in [2.24, 2.45) is 0 Å². The zero-order valence-electron chi connectivity index (χ0n) is 18.4. The number of sulfonamides is 1. The van der Waals surface area contributed by atoms with E-state index in [2.05, 4.69) is 5.32 Å². The maximum Gasteiger partial charge on any atom is 0.306 e. The molecule has 0 saturated carbocycles. The molecule has 7 nitrogen and oxygen atoms in total. The maximum absolute atomic E-state index is 12.5. The summed E-state index contributed by atoms with van der Waals surface area (Å²) in [6.45, 7) is 7.84. The second-order valence-corrected chi connectivity index (χ2v) is 9.16. The van der Waals surface area contributed by atoms with Crippen molar-refractivity contribution in [1.29, 1.82) is 0 Å². The van der Waals surface area contributed by atoms with Gasteiger partial charge in [-0.3, -0.25) is 9.59 Å². The van der Waals surface area contributed by atoms with E-state index in [4.69, 9.17) is 4.74 Å². The molecule has 31 heavy (non-hydrogen) atoms. The molecule has 0 fully saturated rings. The van der Waals surface area contributed by atoms with E-state index in [0.717, 1.165) is 11.1 Å².